The Balaban J connectivity index is 1.32. The summed E-state index contributed by atoms with van der Waals surface area (Å²) in [5.74, 6) is -4.10. The van der Waals surface area contributed by atoms with E-state index >= 15 is 0 Å². The van der Waals surface area contributed by atoms with Gasteiger partial charge in [-0.25, -0.2) is 9.59 Å². The van der Waals surface area contributed by atoms with Crippen LogP contribution in [0.5, 0.6) is 0 Å². The normalized spacial score (nSPS) is 16.7. The predicted molar refractivity (Wildman–Crippen MR) is 164 cm³/mol. The third-order valence-electron chi connectivity index (χ3n) is 5.86. The molecule has 16 heteroatoms. The van der Waals surface area contributed by atoms with E-state index in [1.165, 1.54) is 58.3 Å². The molecule has 2 heterocycles. The number of nitrogens with one attached hydrogen (secondary N) is 2. The summed E-state index contributed by atoms with van der Waals surface area (Å²) in [4.78, 5) is 75.6. The maximum absolute atomic E-state index is 13.1. The molecular weight excluding hydrogens is 625 g/mol. The SMILES string of the molecule is O=C(CCN1C(=O)C(=C2SC(=S)N(CCC(=O)Nc3ccc(C(=O)O)cc3)C2=O)SC1=S)Nc1ccc(C(=O)O)cc1. The zero-order valence-electron chi connectivity index (χ0n) is 21.3. The molecule has 2 fully saturated rings. The van der Waals surface area contributed by atoms with Gasteiger partial charge in [-0.15, -0.1) is 0 Å². The largest absolute Gasteiger partial charge is 0.478 e. The molecule has 2 aromatic carbocycles. The van der Waals surface area contributed by atoms with Crippen molar-refractivity contribution in [2.24, 2.45) is 0 Å². The van der Waals surface area contributed by atoms with Crippen LogP contribution in [0.15, 0.2) is 58.3 Å². The lowest BCUT2D eigenvalue weighted by atomic mass is 10.2. The topological polar surface area (TPSA) is 173 Å². The molecular formula is C26H20N4O8S4. The summed E-state index contributed by atoms with van der Waals surface area (Å²) in [6.45, 7) is -0.0811. The van der Waals surface area contributed by atoms with E-state index in [4.69, 9.17) is 34.6 Å². The summed E-state index contributed by atoms with van der Waals surface area (Å²) >= 11 is 12.5. The molecule has 0 atom stereocenters. The Morgan fingerprint density at radius 3 is 1.29 bits per heavy atom. The number of carboxylic acids is 2. The van der Waals surface area contributed by atoms with Gasteiger partial charge in [0, 0.05) is 37.3 Å². The van der Waals surface area contributed by atoms with Crippen LogP contribution in [-0.4, -0.2) is 77.3 Å². The molecule has 2 saturated heterocycles. The standard InChI is InChI=1S/C26H20N4O8S4/c31-17(27-15-5-1-13(2-6-15)23(35)36)9-11-29-21(33)19(41-25(29)39)20-22(34)30(26(40)42-20)12-10-18(32)28-16-7-3-14(4-8-16)24(37)38/h1-8H,9-12H2,(H,27,31)(H,28,32)(H,35,36)(H,37,38). The average molecular weight is 645 g/mol. The summed E-state index contributed by atoms with van der Waals surface area (Å²) in [5.41, 5.74) is 0.931. The number of hydrogen-bond acceptors (Lipinski definition) is 10. The smallest absolute Gasteiger partial charge is 0.335 e. The Hall–Kier alpha value is -4.12. The third kappa shape index (κ3) is 7.20. The molecule has 12 nitrogen and oxygen atoms in total. The summed E-state index contributed by atoms with van der Waals surface area (Å²) < 4.78 is 0.347. The van der Waals surface area contributed by atoms with Crippen molar-refractivity contribution < 1.29 is 39.0 Å². The minimum atomic E-state index is -1.09. The van der Waals surface area contributed by atoms with E-state index in [1.807, 2.05) is 0 Å². The number of thiocarbonyl (C=S) groups is 2. The highest BCUT2D eigenvalue weighted by Crippen LogP contribution is 2.42. The maximum atomic E-state index is 13.1. The number of carboxylic acid groups (broad SMARTS) is 2. The Bertz CT molecular complexity index is 1440. The minimum absolute atomic E-state index is 0.0406. The van der Waals surface area contributed by atoms with Gasteiger partial charge < -0.3 is 20.8 Å². The molecule has 216 valence electrons. The van der Waals surface area contributed by atoms with E-state index < -0.39 is 35.6 Å². The molecule has 0 saturated carbocycles. The number of aromatic carboxylic acids is 2. The fraction of sp³-hybridized carbons (Fsp3) is 0.154. The van der Waals surface area contributed by atoms with Crippen LogP contribution in [0.2, 0.25) is 0 Å². The lowest BCUT2D eigenvalue weighted by Crippen LogP contribution is -2.33. The molecule has 42 heavy (non-hydrogen) atoms. The van der Waals surface area contributed by atoms with Crippen molar-refractivity contribution in [1.29, 1.82) is 0 Å². The van der Waals surface area contributed by atoms with Gasteiger partial charge in [-0.1, -0.05) is 48.0 Å². The molecule has 0 unspecified atom stereocenters. The molecule has 0 radical (unpaired) electrons. The van der Waals surface area contributed by atoms with Gasteiger partial charge in [0.1, 0.15) is 8.64 Å². The van der Waals surface area contributed by atoms with Crippen molar-refractivity contribution in [3.63, 3.8) is 0 Å². The van der Waals surface area contributed by atoms with Crippen LogP contribution in [0.3, 0.4) is 0 Å². The predicted octanol–water partition coefficient (Wildman–Crippen LogP) is 3.37. The fourth-order valence-corrected chi connectivity index (χ4v) is 6.49. The summed E-state index contributed by atoms with van der Waals surface area (Å²) in [5, 5.41) is 23.2. The van der Waals surface area contributed by atoms with Crippen LogP contribution < -0.4 is 10.6 Å². The first kappa shape index (κ1) is 30.8. The molecule has 4 amide bonds. The van der Waals surface area contributed by atoms with Crippen molar-refractivity contribution in [3.8, 4) is 0 Å². The number of thioether (sulfide) groups is 2. The second kappa shape index (κ2) is 13.2. The van der Waals surface area contributed by atoms with Crippen LogP contribution in [0, 0.1) is 0 Å². The number of hydrogen-bond donors (Lipinski definition) is 4. The van der Waals surface area contributed by atoms with Crippen LogP contribution in [0.1, 0.15) is 33.6 Å². The number of amides is 4. The van der Waals surface area contributed by atoms with Crippen molar-refractivity contribution in [1.82, 2.24) is 9.80 Å². The molecule has 2 aromatic rings. The highest BCUT2D eigenvalue weighted by molar-refractivity contribution is 8.29. The number of carbonyl (C=O) groups excluding carboxylic acids is 4. The Labute approximate surface area is 257 Å². The van der Waals surface area contributed by atoms with Gasteiger partial charge >= 0.3 is 11.9 Å². The summed E-state index contributed by atoms with van der Waals surface area (Å²) in [6.07, 6.45) is -0.203. The molecule has 4 N–H and O–H groups in total. The first-order valence-corrected chi connectivity index (χ1v) is 14.5. The van der Waals surface area contributed by atoms with Gasteiger partial charge in [-0.05, 0) is 48.5 Å². The molecule has 0 aliphatic carbocycles. The molecule has 0 aromatic heterocycles. The van der Waals surface area contributed by atoms with E-state index in [9.17, 15) is 28.8 Å². The van der Waals surface area contributed by atoms with Gasteiger partial charge in [0.25, 0.3) is 11.8 Å². The zero-order valence-corrected chi connectivity index (χ0v) is 24.6. The van der Waals surface area contributed by atoms with Crippen LogP contribution in [0.25, 0.3) is 0 Å². The number of carbonyl (C=O) groups is 6. The van der Waals surface area contributed by atoms with Crippen LogP contribution >= 0.6 is 48.0 Å². The third-order valence-corrected chi connectivity index (χ3v) is 8.89. The molecule has 2 aliphatic rings. The van der Waals surface area contributed by atoms with Crippen molar-refractivity contribution >= 4 is 104 Å². The van der Waals surface area contributed by atoms with Gasteiger partial charge in [-0.2, -0.15) is 0 Å². The van der Waals surface area contributed by atoms with Crippen LogP contribution in [-0.2, 0) is 19.2 Å². The molecule has 4 rings (SSSR count). The quantitative estimate of drug-likeness (QED) is 0.220. The summed E-state index contributed by atoms with van der Waals surface area (Å²) in [7, 11) is 0. The molecule has 0 bridgehead atoms. The highest BCUT2D eigenvalue weighted by atomic mass is 32.2. The number of anilines is 2. The van der Waals surface area contributed by atoms with Crippen LogP contribution in [0.4, 0.5) is 11.4 Å². The van der Waals surface area contributed by atoms with Gasteiger partial charge in [0.15, 0.2) is 0 Å². The number of benzene rings is 2. The van der Waals surface area contributed by atoms with E-state index in [1.54, 1.807) is 0 Å². The van der Waals surface area contributed by atoms with Crippen molar-refractivity contribution in [3.05, 3.63) is 69.5 Å². The highest BCUT2D eigenvalue weighted by Gasteiger charge is 2.42. The van der Waals surface area contributed by atoms with E-state index in [0.29, 0.717) is 11.4 Å². The van der Waals surface area contributed by atoms with Gasteiger partial charge in [-0.3, -0.25) is 29.0 Å². The second-order valence-electron chi connectivity index (χ2n) is 8.67. The summed E-state index contributed by atoms with van der Waals surface area (Å²) in [6, 6.07) is 11.2. The number of rotatable bonds is 10. The lowest BCUT2D eigenvalue weighted by molar-refractivity contribution is -0.125. The van der Waals surface area contributed by atoms with E-state index in [2.05, 4.69) is 10.6 Å². The second-order valence-corrected chi connectivity index (χ2v) is 12.0. The minimum Gasteiger partial charge on any atom is -0.478 e. The number of nitrogens with zero attached hydrogens (tertiary/aromatic N) is 2. The lowest BCUT2D eigenvalue weighted by Gasteiger charge is -2.15. The fourth-order valence-electron chi connectivity index (χ4n) is 3.72. The van der Waals surface area contributed by atoms with Gasteiger partial charge in [0.05, 0.1) is 20.9 Å². The van der Waals surface area contributed by atoms with Crippen molar-refractivity contribution in [2.75, 3.05) is 23.7 Å². The monoisotopic (exact) mass is 644 g/mol. The molecule has 2 aliphatic heterocycles. The zero-order chi connectivity index (χ0) is 30.6. The van der Waals surface area contributed by atoms with Gasteiger partial charge in [0.2, 0.25) is 11.8 Å². The first-order chi connectivity index (χ1) is 19.9. The first-order valence-electron chi connectivity index (χ1n) is 12.0. The Morgan fingerprint density at radius 2 is 0.976 bits per heavy atom. The Kier molecular flexibility index (Phi) is 9.72. The van der Waals surface area contributed by atoms with E-state index in [-0.39, 0.29) is 55.5 Å². The Morgan fingerprint density at radius 1 is 0.643 bits per heavy atom. The van der Waals surface area contributed by atoms with E-state index in [0.717, 1.165) is 23.5 Å². The molecule has 0 spiro atoms. The van der Waals surface area contributed by atoms with Crippen molar-refractivity contribution in [2.45, 2.75) is 12.8 Å². The maximum Gasteiger partial charge on any atom is 0.335 e. The average Bonchev–Trinajstić information content (AvgIpc) is 3.39.